The highest BCUT2D eigenvalue weighted by molar-refractivity contribution is 6.11. The van der Waals surface area contributed by atoms with Gasteiger partial charge in [0.05, 0.1) is 12.6 Å². The van der Waals surface area contributed by atoms with Crippen molar-refractivity contribution in [3.63, 3.8) is 0 Å². The van der Waals surface area contributed by atoms with E-state index in [4.69, 9.17) is 4.74 Å². The fourth-order valence-corrected chi connectivity index (χ4v) is 2.40. The number of benzene rings is 1. The lowest BCUT2D eigenvalue weighted by Gasteiger charge is -2.08. The van der Waals surface area contributed by atoms with E-state index >= 15 is 0 Å². The maximum atomic E-state index is 12.3. The number of nitrogens with zero attached hydrogens (tertiary/aromatic N) is 3. The predicted octanol–water partition coefficient (Wildman–Crippen LogP) is 2.22. The summed E-state index contributed by atoms with van der Waals surface area (Å²) >= 11 is 0. The number of phenols is 1. The van der Waals surface area contributed by atoms with Crippen molar-refractivity contribution in [3.05, 3.63) is 41.5 Å². The Bertz CT molecular complexity index is 734. The molecule has 3 rings (SSSR count). The van der Waals surface area contributed by atoms with Crippen LogP contribution in [-0.4, -0.2) is 32.3 Å². The molecule has 6 heteroatoms. The van der Waals surface area contributed by atoms with Crippen molar-refractivity contribution in [2.24, 2.45) is 0 Å². The zero-order chi connectivity index (χ0) is 15.0. The molecule has 1 aliphatic rings. The van der Waals surface area contributed by atoms with E-state index in [1.54, 1.807) is 29.0 Å². The summed E-state index contributed by atoms with van der Waals surface area (Å²) in [6.07, 6.45) is 3.17. The Morgan fingerprint density at radius 1 is 1.48 bits per heavy atom. The van der Waals surface area contributed by atoms with E-state index < -0.39 is 0 Å². The van der Waals surface area contributed by atoms with Gasteiger partial charge in [-0.25, -0.2) is 9.67 Å². The number of phenolic OH excluding ortho intramolecular Hbond substituents is 1. The molecule has 2 heterocycles. The Kier molecular flexibility index (Phi) is 3.21. The van der Waals surface area contributed by atoms with Crippen LogP contribution in [-0.2, 0) is 0 Å². The van der Waals surface area contributed by atoms with Gasteiger partial charge >= 0.3 is 0 Å². The second-order valence-electron chi connectivity index (χ2n) is 4.79. The molecule has 21 heavy (non-hydrogen) atoms. The third-order valence-electron chi connectivity index (χ3n) is 3.46. The molecule has 0 saturated heterocycles. The van der Waals surface area contributed by atoms with E-state index in [0.717, 1.165) is 5.56 Å². The fraction of sp³-hybridized carbons (Fsp3) is 0.267. The Hall–Kier alpha value is -2.63. The van der Waals surface area contributed by atoms with Crippen molar-refractivity contribution in [2.45, 2.75) is 19.9 Å². The number of rotatable bonds is 3. The van der Waals surface area contributed by atoms with Crippen LogP contribution in [0, 0.1) is 0 Å². The summed E-state index contributed by atoms with van der Waals surface area (Å²) in [7, 11) is 0. The quantitative estimate of drug-likeness (QED) is 0.875. The third kappa shape index (κ3) is 2.18. The van der Waals surface area contributed by atoms with Gasteiger partial charge in [0.25, 0.3) is 0 Å². The van der Waals surface area contributed by atoms with Crippen LogP contribution in [0.15, 0.2) is 30.1 Å². The van der Waals surface area contributed by atoms with Gasteiger partial charge in [0.2, 0.25) is 5.78 Å². The molecule has 1 aliphatic heterocycles. The standard InChI is InChI=1S/C15H15N3O3/c1-3-21-13-7-10(4-5-12(13)19)6-11-9(2)18-15(14(11)20)16-8-17-18/h4-9,19H,3H2,1-2H3. The maximum absolute atomic E-state index is 12.3. The topological polar surface area (TPSA) is 77.2 Å². The van der Waals surface area contributed by atoms with Gasteiger partial charge in [-0.2, -0.15) is 5.10 Å². The molecule has 0 spiro atoms. The van der Waals surface area contributed by atoms with Gasteiger partial charge in [0.15, 0.2) is 17.3 Å². The largest absolute Gasteiger partial charge is 0.504 e. The van der Waals surface area contributed by atoms with Crippen molar-refractivity contribution in [1.82, 2.24) is 14.8 Å². The van der Waals surface area contributed by atoms with E-state index in [1.165, 1.54) is 6.33 Å². The first-order chi connectivity index (χ1) is 10.1. The molecule has 1 aromatic carbocycles. The minimum atomic E-state index is -0.153. The second-order valence-corrected chi connectivity index (χ2v) is 4.79. The number of hydrogen-bond acceptors (Lipinski definition) is 5. The number of allylic oxidation sites excluding steroid dienone is 1. The van der Waals surface area contributed by atoms with Gasteiger partial charge < -0.3 is 9.84 Å². The minimum absolute atomic E-state index is 0.0828. The monoisotopic (exact) mass is 285 g/mol. The number of ether oxygens (including phenoxy) is 1. The molecule has 108 valence electrons. The van der Waals surface area contributed by atoms with Gasteiger partial charge in [-0.1, -0.05) is 6.07 Å². The summed E-state index contributed by atoms with van der Waals surface area (Å²) in [6.45, 7) is 4.21. The third-order valence-corrected chi connectivity index (χ3v) is 3.46. The Morgan fingerprint density at radius 3 is 3.00 bits per heavy atom. The molecule has 1 aromatic heterocycles. The molecule has 0 fully saturated rings. The number of carbonyl (C=O) groups excluding carboxylic acids is 1. The maximum Gasteiger partial charge on any atom is 0.228 e. The first kappa shape index (κ1) is 13.4. The average molecular weight is 285 g/mol. The van der Waals surface area contributed by atoms with Crippen molar-refractivity contribution >= 4 is 11.9 Å². The lowest BCUT2D eigenvalue weighted by molar-refractivity contribution is 0.103. The zero-order valence-corrected chi connectivity index (χ0v) is 11.8. The molecule has 2 aromatic rings. The number of fused-ring (bicyclic) bond motifs is 1. The summed E-state index contributed by atoms with van der Waals surface area (Å²) in [5, 5.41) is 13.8. The summed E-state index contributed by atoms with van der Waals surface area (Å²) < 4.78 is 6.96. The number of ketones is 1. The Morgan fingerprint density at radius 2 is 2.29 bits per heavy atom. The molecule has 1 N–H and O–H groups in total. The number of carbonyl (C=O) groups is 1. The highest BCUT2D eigenvalue weighted by Crippen LogP contribution is 2.32. The van der Waals surface area contributed by atoms with Gasteiger partial charge in [0.1, 0.15) is 6.33 Å². The molecule has 0 radical (unpaired) electrons. The molecule has 6 nitrogen and oxygen atoms in total. The van der Waals surface area contributed by atoms with Crippen LogP contribution >= 0.6 is 0 Å². The molecule has 0 bridgehead atoms. The van der Waals surface area contributed by atoms with Crippen LogP contribution in [0.3, 0.4) is 0 Å². The lowest BCUT2D eigenvalue weighted by Crippen LogP contribution is -2.02. The molecular formula is C15H15N3O3. The molecule has 0 aliphatic carbocycles. The first-order valence-corrected chi connectivity index (χ1v) is 6.73. The minimum Gasteiger partial charge on any atom is -0.504 e. The van der Waals surface area contributed by atoms with Crippen LogP contribution < -0.4 is 4.74 Å². The SMILES string of the molecule is CCOc1cc(C=C2C(=O)c3ncnn3C2C)ccc1O. The van der Waals surface area contributed by atoms with Crippen molar-refractivity contribution in [2.75, 3.05) is 6.61 Å². The highest BCUT2D eigenvalue weighted by Gasteiger charge is 2.33. The Balaban J connectivity index is 1.98. The van der Waals surface area contributed by atoms with Crippen LogP contribution in [0.1, 0.15) is 36.1 Å². The number of hydrogen-bond donors (Lipinski definition) is 1. The number of aromatic nitrogens is 3. The van der Waals surface area contributed by atoms with Crippen molar-refractivity contribution < 1.29 is 14.6 Å². The lowest BCUT2D eigenvalue weighted by atomic mass is 10.0. The summed E-state index contributed by atoms with van der Waals surface area (Å²) in [6, 6.07) is 4.84. The Labute approximate surface area is 121 Å². The summed E-state index contributed by atoms with van der Waals surface area (Å²) in [5.74, 6) is 0.726. The van der Waals surface area contributed by atoms with Crippen LogP contribution in [0.5, 0.6) is 11.5 Å². The molecule has 1 atom stereocenters. The second kappa shape index (κ2) is 5.05. The van der Waals surface area contributed by atoms with Gasteiger partial charge in [-0.15, -0.1) is 0 Å². The highest BCUT2D eigenvalue weighted by atomic mass is 16.5. The molecule has 1 unspecified atom stereocenters. The van der Waals surface area contributed by atoms with E-state index in [2.05, 4.69) is 10.1 Å². The molecular weight excluding hydrogens is 270 g/mol. The van der Waals surface area contributed by atoms with Crippen LogP contribution in [0.2, 0.25) is 0 Å². The zero-order valence-electron chi connectivity index (χ0n) is 11.8. The van der Waals surface area contributed by atoms with E-state index in [1.807, 2.05) is 13.8 Å². The number of aromatic hydroxyl groups is 1. The van der Waals surface area contributed by atoms with Gasteiger partial charge in [0, 0.05) is 5.57 Å². The van der Waals surface area contributed by atoms with Crippen molar-refractivity contribution in [1.29, 1.82) is 0 Å². The van der Waals surface area contributed by atoms with Crippen molar-refractivity contribution in [3.8, 4) is 11.5 Å². The van der Waals surface area contributed by atoms with Gasteiger partial charge in [-0.05, 0) is 37.6 Å². The van der Waals surface area contributed by atoms with E-state index in [9.17, 15) is 9.90 Å². The summed E-state index contributed by atoms with van der Waals surface area (Å²) in [4.78, 5) is 16.3. The van der Waals surface area contributed by atoms with Crippen LogP contribution in [0.4, 0.5) is 0 Å². The molecule has 0 saturated carbocycles. The van der Waals surface area contributed by atoms with Gasteiger partial charge in [-0.3, -0.25) is 4.79 Å². The average Bonchev–Trinajstić information content (AvgIpc) is 3.03. The predicted molar refractivity (Wildman–Crippen MR) is 76.3 cm³/mol. The summed E-state index contributed by atoms with van der Waals surface area (Å²) in [5.41, 5.74) is 1.41. The fourth-order valence-electron chi connectivity index (χ4n) is 2.40. The smallest absolute Gasteiger partial charge is 0.228 e. The first-order valence-electron chi connectivity index (χ1n) is 6.73. The van der Waals surface area contributed by atoms with E-state index in [-0.39, 0.29) is 17.6 Å². The number of Topliss-reactive ketones (excluding diaryl/α,β-unsaturated/α-hetero) is 1. The molecule has 0 amide bonds. The van der Waals surface area contributed by atoms with Crippen LogP contribution in [0.25, 0.3) is 6.08 Å². The van der Waals surface area contributed by atoms with E-state index in [0.29, 0.717) is 23.8 Å². The normalized spacial score (nSPS) is 19.0.